The molecule has 1 heterocycles. The Bertz CT molecular complexity index is 1080. The third kappa shape index (κ3) is 6.02. The summed E-state index contributed by atoms with van der Waals surface area (Å²) in [6.45, 7) is 0.841. The molecular weight excluding hydrogens is 446 g/mol. The fourth-order valence-electron chi connectivity index (χ4n) is 3.53. The fourth-order valence-corrected chi connectivity index (χ4v) is 4.46. The van der Waals surface area contributed by atoms with E-state index in [0.717, 1.165) is 4.31 Å². The number of hydrogen-bond donors (Lipinski definition) is 1. The molecule has 0 aliphatic carbocycles. The maximum Gasteiger partial charge on any atom is 0.260 e. The number of nitrogens with zero attached hydrogens (tertiary/aromatic N) is 2. The molecular formula is C23H29N3O6S. The minimum atomic E-state index is -3.66. The number of piperidine rings is 1. The fraction of sp³-hybridized carbons (Fsp3) is 0.391. The van der Waals surface area contributed by atoms with Crippen LogP contribution in [0.3, 0.4) is 0 Å². The Balaban J connectivity index is 1.58. The van der Waals surface area contributed by atoms with Crippen molar-refractivity contribution in [3.05, 3.63) is 48.5 Å². The topological polar surface area (TPSA) is 105 Å². The zero-order valence-electron chi connectivity index (χ0n) is 19.0. The second kappa shape index (κ2) is 10.7. The van der Waals surface area contributed by atoms with Crippen molar-refractivity contribution in [1.29, 1.82) is 0 Å². The highest BCUT2D eigenvalue weighted by molar-refractivity contribution is 7.89. The van der Waals surface area contributed by atoms with Gasteiger partial charge in [-0.3, -0.25) is 9.59 Å². The van der Waals surface area contributed by atoms with Crippen LogP contribution in [0.25, 0.3) is 0 Å². The highest BCUT2D eigenvalue weighted by atomic mass is 32.2. The van der Waals surface area contributed by atoms with Gasteiger partial charge in [0.2, 0.25) is 15.9 Å². The molecule has 9 nitrogen and oxygen atoms in total. The van der Waals surface area contributed by atoms with Gasteiger partial charge in [-0.05, 0) is 43.2 Å². The predicted molar refractivity (Wildman–Crippen MR) is 124 cm³/mol. The van der Waals surface area contributed by atoms with E-state index < -0.39 is 10.0 Å². The van der Waals surface area contributed by atoms with Crippen molar-refractivity contribution in [1.82, 2.24) is 9.21 Å². The van der Waals surface area contributed by atoms with Crippen molar-refractivity contribution in [3.8, 4) is 11.5 Å². The van der Waals surface area contributed by atoms with E-state index in [-0.39, 0.29) is 29.2 Å². The molecule has 0 radical (unpaired) electrons. The van der Waals surface area contributed by atoms with Crippen molar-refractivity contribution in [2.75, 3.05) is 46.2 Å². The molecule has 1 aliphatic heterocycles. The first-order chi connectivity index (χ1) is 15.7. The van der Waals surface area contributed by atoms with Crippen LogP contribution in [0.1, 0.15) is 12.8 Å². The number of carbonyl (C=O) groups excluding carboxylic acids is 2. The number of nitrogens with one attached hydrogen (secondary N) is 1. The number of sulfonamides is 1. The lowest BCUT2D eigenvalue weighted by Crippen LogP contribution is -2.43. The zero-order valence-corrected chi connectivity index (χ0v) is 19.8. The van der Waals surface area contributed by atoms with Crippen molar-refractivity contribution in [2.24, 2.45) is 5.92 Å². The molecule has 1 fully saturated rings. The van der Waals surface area contributed by atoms with Crippen molar-refractivity contribution < 1.29 is 27.5 Å². The van der Waals surface area contributed by atoms with Crippen LogP contribution >= 0.6 is 0 Å². The van der Waals surface area contributed by atoms with E-state index in [9.17, 15) is 18.0 Å². The minimum absolute atomic E-state index is 0.0504. The van der Waals surface area contributed by atoms with Gasteiger partial charge in [-0.2, -0.15) is 0 Å². The molecule has 0 spiro atoms. The molecule has 0 atom stereocenters. The Kier molecular flexibility index (Phi) is 7.93. The summed E-state index contributed by atoms with van der Waals surface area (Å²) in [6.07, 6.45) is 1.00. The lowest BCUT2D eigenvalue weighted by Gasteiger charge is -2.31. The molecule has 0 bridgehead atoms. The summed E-state index contributed by atoms with van der Waals surface area (Å²) >= 11 is 0. The normalized spacial score (nSPS) is 14.7. The number of anilines is 1. The maximum atomic E-state index is 12.9. The second-order valence-electron chi connectivity index (χ2n) is 7.90. The second-order valence-corrected chi connectivity index (χ2v) is 10.0. The van der Waals surface area contributed by atoms with Gasteiger partial charge in [0.05, 0.1) is 17.7 Å². The minimum Gasteiger partial charge on any atom is -0.495 e. The highest BCUT2D eigenvalue weighted by Crippen LogP contribution is 2.30. The van der Waals surface area contributed by atoms with E-state index in [0.29, 0.717) is 43.1 Å². The molecule has 3 rings (SSSR count). The third-order valence-electron chi connectivity index (χ3n) is 5.53. The van der Waals surface area contributed by atoms with Gasteiger partial charge in [-0.1, -0.05) is 18.2 Å². The first-order valence-electron chi connectivity index (χ1n) is 10.6. The van der Waals surface area contributed by atoms with Crippen LogP contribution in [-0.2, 0) is 19.6 Å². The quantitative estimate of drug-likeness (QED) is 0.628. The van der Waals surface area contributed by atoms with E-state index in [1.807, 2.05) is 18.2 Å². The average molecular weight is 476 g/mol. The van der Waals surface area contributed by atoms with E-state index in [4.69, 9.17) is 9.47 Å². The number of para-hydroxylation sites is 1. The Morgan fingerprint density at radius 3 is 2.36 bits per heavy atom. The lowest BCUT2D eigenvalue weighted by molar-refractivity contribution is -0.136. The van der Waals surface area contributed by atoms with E-state index in [1.54, 1.807) is 17.0 Å². The first kappa shape index (κ1) is 24.5. The molecule has 33 heavy (non-hydrogen) atoms. The van der Waals surface area contributed by atoms with Crippen LogP contribution in [-0.4, -0.2) is 70.3 Å². The van der Waals surface area contributed by atoms with E-state index in [1.165, 1.54) is 39.4 Å². The van der Waals surface area contributed by atoms with Gasteiger partial charge in [-0.25, -0.2) is 12.7 Å². The number of rotatable bonds is 8. The van der Waals surface area contributed by atoms with Crippen LogP contribution in [0.15, 0.2) is 53.4 Å². The number of hydrogen-bond acceptors (Lipinski definition) is 6. The summed E-state index contributed by atoms with van der Waals surface area (Å²) in [4.78, 5) is 27.0. The SMILES string of the molecule is COc1ccc(S(=O)(=O)N(C)C)cc1NC(=O)C1CCN(C(=O)COc2ccccc2)CC1. The molecule has 2 aromatic rings. The number of methoxy groups -OCH3 is 1. The molecule has 0 saturated carbocycles. The Hall–Kier alpha value is -3.11. The summed E-state index contributed by atoms with van der Waals surface area (Å²) < 4.78 is 36.8. The van der Waals surface area contributed by atoms with Gasteiger partial charge in [0.15, 0.2) is 6.61 Å². The highest BCUT2D eigenvalue weighted by Gasteiger charge is 2.28. The molecule has 2 amide bonds. The molecule has 0 aromatic heterocycles. The number of ether oxygens (including phenoxy) is 2. The van der Waals surface area contributed by atoms with Gasteiger partial charge in [0.1, 0.15) is 11.5 Å². The lowest BCUT2D eigenvalue weighted by atomic mass is 9.95. The van der Waals surface area contributed by atoms with Gasteiger partial charge < -0.3 is 19.7 Å². The summed E-state index contributed by atoms with van der Waals surface area (Å²) in [5.41, 5.74) is 0.292. The monoisotopic (exact) mass is 475 g/mol. The number of carbonyl (C=O) groups is 2. The largest absolute Gasteiger partial charge is 0.495 e. The molecule has 1 saturated heterocycles. The van der Waals surface area contributed by atoms with E-state index in [2.05, 4.69) is 5.32 Å². The number of likely N-dealkylation sites (tertiary alicyclic amines) is 1. The molecule has 1 N–H and O–H groups in total. The van der Waals surface area contributed by atoms with Crippen LogP contribution in [0.5, 0.6) is 11.5 Å². The van der Waals surface area contributed by atoms with Gasteiger partial charge >= 0.3 is 0 Å². The summed E-state index contributed by atoms with van der Waals surface area (Å²) in [7, 11) is 0.679. The van der Waals surface area contributed by atoms with Crippen LogP contribution in [0, 0.1) is 5.92 Å². The summed E-state index contributed by atoms with van der Waals surface area (Å²) in [5, 5.41) is 2.80. The van der Waals surface area contributed by atoms with Crippen molar-refractivity contribution in [3.63, 3.8) is 0 Å². The number of benzene rings is 2. The van der Waals surface area contributed by atoms with Crippen LogP contribution in [0.2, 0.25) is 0 Å². The third-order valence-corrected chi connectivity index (χ3v) is 7.34. The van der Waals surface area contributed by atoms with Crippen LogP contribution in [0.4, 0.5) is 5.69 Å². The van der Waals surface area contributed by atoms with Gasteiger partial charge in [0, 0.05) is 33.1 Å². The molecule has 10 heteroatoms. The Labute approximate surface area is 194 Å². The predicted octanol–water partition coefficient (Wildman–Crippen LogP) is 2.20. The van der Waals surface area contributed by atoms with Crippen molar-refractivity contribution >= 4 is 27.5 Å². The Morgan fingerprint density at radius 1 is 1.09 bits per heavy atom. The first-order valence-corrected chi connectivity index (χ1v) is 12.0. The maximum absolute atomic E-state index is 12.9. The van der Waals surface area contributed by atoms with Crippen molar-refractivity contribution in [2.45, 2.75) is 17.7 Å². The summed E-state index contributed by atoms with van der Waals surface area (Å²) in [5.74, 6) is 0.337. The van der Waals surface area contributed by atoms with Crippen LogP contribution < -0.4 is 14.8 Å². The average Bonchev–Trinajstić information content (AvgIpc) is 2.83. The number of amides is 2. The van der Waals surface area contributed by atoms with Gasteiger partial charge in [-0.15, -0.1) is 0 Å². The summed E-state index contributed by atoms with van der Waals surface area (Å²) in [6, 6.07) is 13.5. The molecule has 2 aromatic carbocycles. The van der Waals surface area contributed by atoms with E-state index >= 15 is 0 Å². The van der Waals surface area contributed by atoms with Gasteiger partial charge in [0.25, 0.3) is 5.91 Å². The molecule has 0 unspecified atom stereocenters. The smallest absolute Gasteiger partial charge is 0.260 e. The zero-order chi connectivity index (χ0) is 24.0. The molecule has 178 valence electrons. The molecule has 1 aliphatic rings. The standard InChI is InChI=1S/C23H29N3O6S/c1-25(2)33(29,30)19-9-10-21(31-3)20(15-19)24-23(28)17-11-13-26(14-12-17)22(27)16-32-18-7-5-4-6-8-18/h4-10,15,17H,11-14,16H2,1-3H3,(H,24,28). The Morgan fingerprint density at radius 2 is 1.76 bits per heavy atom.